The van der Waals surface area contributed by atoms with Gasteiger partial charge in [0, 0.05) is 13.2 Å². The third-order valence-electron chi connectivity index (χ3n) is 5.80. The normalized spacial score (nSPS) is 11.9. The summed E-state index contributed by atoms with van der Waals surface area (Å²) in [6.45, 7) is 5.35. The average molecular weight is 470 g/mol. The van der Waals surface area contributed by atoms with E-state index in [1.165, 1.54) is 20.7 Å². The highest BCUT2D eigenvalue weighted by molar-refractivity contribution is 7.09. The molecule has 0 saturated heterocycles. The lowest BCUT2D eigenvalue weighted by Gasteiger charge is -2.42. The summed E-state index contributed by atoms with van der Waals surface area (Å²) in [5.41, 5.74) is 0. The minimum Gasteiger partial charge on any atom is -0.397 e. The van der Waals surface area contributed by atoms with E-state index in [1.807, 2.05) is 0 Å². The average Bonchev–Trinajstić information content (AvgIpc) is 2.90. The monoisotopic (exact) mass is 469 g/mol. The molecular weight excluding hydrogens is 438 g/mol. The van der Waals surface area contributed by atoms with E-state index >= 15 is 0 Å². The van der Waals surface area contributed by atoms with E-state index in [0.29, 0.717) is 13.2 Å². The molecule has 0 amide bonds. The van der Waals surface area contributed by atoms with E-state index in [1.54, 1.807) is 0 Å². The molecule has 0 aliphatic carbocycles. The van der Waals surface area contributed by atoms with Crippen LogP contribution in [0.15, 0.2) is 121 Å². The van der Waals surface area contributed by atoms with Crippen molar-refractivity contribution in [3.05, 3.63) is 121 Å². The van der Waals surface area contributed by atoms with Gasteiger partial charge in [0.25, 0.3) is 0 Å². The maximum atomic E-state index is 6.83. The van der Waals surface area contributed by atoms with Crippen LogP contribution in [0, 0.1) is 0 Å². The summed E-state index contributed by atoms with van der Waals surface area (Å²) in [6, 6.07) is 42.4. The Morgan fingerprint density at radius 3 is 0.909 bits per heavy atom. The summed E-state index contributed by atoms with van der Waals surface area (Å²) in [5.74, 6) is 0. The molecule has 0 heterocycles. The molecule has 5 heteroatoms. The molecule has 4 aromatic rings. The highest BCUT2D eigenvalue weighted by Gasteiger charge is 2.51. The quantitative estimate of drug-likeness (QED) is 0.362. The van der Waals surface area contributed by atoms with E-state index < -0.39 is 17.0 Å². The smallest absolute Gasteiger partial charge is 0.331 e. The first kappa shape index (κ1) is 23.4. The predicted octanol–water partition coefficient (Wildman–Crippen LogP) is 3.16. The summed E-state index contributed by atoms with van der Waals surface area (Å²) in [7, 11) is -5.80. The number of rotatable bonds is 10. The Morgan fingerprint density at radius 1 is 0.455 bits per heavy atom. The fourth-order valence-electron chi connectivity index (χ4n) is 4.40. The molecule has 0 unspecified atom stereocenters. The fourth-order valence-corrected chi connectivity index (χ4v) is 14.1. The lowest BCUT2D eigenvalue weighted by Crippen LogP contribution is -2.84. The molecule has 0 aliphatic rings. The molecule has 0 aliphatic heterocycles. The highest BCUT2D eigenvalue weighted by Crippen LogP contribution is 2.13. The molecular formula is C28H31NO2Si2. The molecule has 3 nitrogen and oxygen atoms in total. The van der Waals surface area contributed by atoms with Gasteiger partial charge in [-0.1, -0.05) is 121 Å². The van der Waals surface area contributed by atoms with Gasteiger partial charge in [-0.25, -0.2) is 0 Å². The maximum Gasteiger partial charge on any atom is 0.331 e. The van der Waals surface area contributed by atoms with Crippen molar-refractivity contribution in [1.29, 1.82) is 0 Å². The van der Waals surface area contributed by atoms with Gasteiger partial charge in [0.15, 0.2) is 0 Å². The third kappa shape index (κ3) is 4.78. The molecule has 0 atom stereocenters. The Balaban J connectivity index is 2.01. The fraction of sp³-hybridized carbons (Fsp3) is 0.143. The van der Waals surface area contributed by atoms with E-state index in [9.17, 15) is 0 Å². The second-order valence-corrected chi connectivity index (χ2v) is 14.4. The molecule has 0 saturated carbocycles. The Labute approximate surface area is 199 Å². The second kappa shape index (κ2) is 10.9. The van der Waals surface area contributed by atoms with E-state index in [0.717, 1.165) is 0 Å². The van der Waals surface area contributed by atoms with Crippen LogP contribution in [0.1, 0.15) is 13.8 Å². The first-order chi connectivity index (χ1) is 16.2. The highest BCUT2D eigenvalue weighted by atomic mass is 28.4. The van der Waals surface area contributed by atoms with Crippen LogP contribution in [0.25, 0.3) is 0 Å². The van der Waals surface area contributed by atoms with Crippen molar-refractivity contribution >= 4 is 37.7 Å². The van der Waals surface area contributed by atoms with Crippen LogP contribution in [0.2, 0.25) is 0 Å². The van der Waals surface area contributed by atoms with Crippen molar-refractivity contribution in [2.24, 2.45) is 0 Å². The molecule has 0 fully saturated rings. The van der Waals surface area contributed by atoms with Crippen LogP contribution in [-0.2, 0) is 8.85 Å². The summed E-state index contributed by atoms with van der Waals surface area (Å²) < 4.78 is 17.8. The van der Waals surface area contributed by atoms with E-state index in [4.69, 9.17) is 8.85 Å². The summed E-state index contributed by atoms with van der Waals surface area (Å²) >= 11 is 0. The van der Waals surface area contributed by atoms with Crippen molar-refractivity contribution in [3.63, 3.8) is 0 Å². The number of benzene rings is 4. The Morgan fingerprint density at radius 2 is 0.697 bits per heavy atom. The van der Waals surface area contributed by atoms with Crippen LogP contribution in [-0.4, -0.2) is 30.2 Å². The maximum absolute atomic E-state index is 6.83. The van der Waals surface area contributed by atoms with Gasteiger partial charge in [-0.05, 0) is 34.6 Å². The standard InChI is InChI=1S/C28H31NO2Si2/c1-3-30-32(25-17-9-5-10-18-25,26-19-11-6-12-20-26)29-33(31-4-2,27-21-13-7-14-22-27)28-23-15-8-16-24-28/h5-24,29H,3-4H2,1-2H3. The predicted molar refractivity (Wildman–Crippen MR) is 142 cm³/mol. The van der Waals surface area contributed by atoms with E-state index in [2.05, 4.69) is 140 Å². The zero-order valence-electron chi connectivity index (χ0n) is 19.3. The van der Waals surface area contributed by atoms with Gasteiger partial charge < -0.3 is 13.5 Å². The SMILES string of the molecule is CCO[Si](N[Si](OCC)(c1ccccc1)c1ccccc1)(c1ccccc1)c1ccccc1. The molecule has 0 bridgehead atoms. The summed E-state index contributed by atoms with van der Waals surface area (Å²) in [5, 5.41) is 4.73. The van der Waals surface area contributed by atoms with Crippen LogP contribution in [0.5, 0.6) is 0 Å². The molecule has 0 spiro atoms. The van der Waals surface area contributed by atoms with Crippen molar-refractivity contribution in [2.45, 2.75) is 13.8 Å². The first-order valence-corrected chi connectivity index (χ1v) is 15.4. The van der Waals surface area contributed by atoms with Crippen molar-refractivity contribution in [1.82, 2.24) is 4.65 Å². The topological polar surface area (TPSA) is 30.5 Å². The van der Waals surface area contributed by atoms with Gasteiger partial charge in [-0.3, -0.25) is 0 Å². The van der Waals surface area contributed by atoms with Gasteiger partial charge in [-0.15, -0.1) is 0 Å². The second-order valence-electron chi connectivity index (χ2n) is 7.82. The number of hydrogen-bond donors (Lipinski definition) is 1. The molecule has 4 aromatic carbocycles. The third-order valence-corrected chi connectivity index (χ3v) is 14.6. The minimum absolute atomic E-state index is 0.600. The largest absolute Gasteiger partial charge is 0.397 e. The van der Waals surface area contributed by atoms with E-state index in [-0.39, 0.29) is 0 Å². The van der Waals surface area contributed by atoms with Crippen LogP contribution >= 0.6 is 0 Å². The molecule has 1 N–H and O–H groups in total. The first-order valence-electron chi connectivity index (χ1n) is 11.5. The molecule has 4 rings (SSSR count). The van der Waals surface area contributed by atoms with Crippen molar-refractivity contribution < 1.29 is 8.85 Å². The van der Waals surface area contributed by atoms with Gasteiger partial charge in [-0.2, -0.15) is 0 Å². The molecule has 0 aromatic heterocycles. The molecule has 168 valence electrons. The van der Waals surface area contributed by atoms with Gasteiger partial charge in [0.05, 0.1) is 0 Å². The van der Waals surface area contributed by atoms with Crippen molar-refractivity contribution in [3.8, 4) is 0 Å². The van der Waals surface area contributed by atoms with Crippen molar-refractivity contribution in [2.75, 3.05) is 13.2 Å². The lowest BCUT2D eigenvalue weighted by atomic mass is 10.4. The van der Waals surface area contributed by atoms with Gasteiger partial charge >= 0.3 is 17.0 Å². The Kier molecular flexibility index (Phi) is 7.70. The van der Waals surface area contributed by atoms with Gasteiger partial charge in [0.1, 0.15) is 0 Å². The Bertz CT molecular complexity index is 940. The zero-order valence-corrected chi connectivity index (χ0v) is 21.3. The summed E-state index contributed by atoms with van der Waals surface area (Å²) in [6.07, 6.45) is 0. The van der Waals surface area contributed by atoms with Gasteiger partial charge in [0.2, 0.25) is 0 Å². The van der Waals surface area contributed by atoms with Crippen LogP contribution in [0.3, 0.4) is 0 Å². The number of hydrogen-bond acceptors (Lipinski definition) is 3. The Hall–Kier alpha value is -2.81. The molecule has 0 radical (unpaired) electrons. The summed E-state index contributed by atoms with van der Waals surface area (Å²) in [4.78, 5) is 0. The van der Waals surface area contributed by atoms with Crippen LogP contribution in [0.4, 0.5) is 0 Å². The minimum atomic E-state index is -2.90. The molecule has 33 heavy (non-hydrogen) atoms. The zero-order chi connectivity index (χ0) is 23.0. The van der Waals surface area contributed by atoms with Crippen LogP contribution < -0.4 is 25.4 Å². The lowest BCUT2D eigenvalue weighted by molar-refractivity contribution is 0.315. The number of nitrogens with one attached hydrogen (secondary N) is 1.